The molecule has 6 heteroatoms. The van der Waals surface area contributed by atoms with E-state index in [1.807, 2.05) is 39.8 Å². The third-order valence-electron chi connectivity index (χ3n) is 3.17. The lowest BCUT2D eigenvalue weighted by Gasteiger charge is -2.18. The lowest BCUT2D eigenvalue weighted by Crippen LogP contribution is -2.27. The summed E-state index contributed by atoms with van der Waals surface area (Å²) < 4.78 is 22.0. The van der Waals surface area contributed by atoms with Gasteiger partial charge in [-0.3, -0.25) is 0 Å². The summed E-state index contributed by atoms with van der Waals surface area (Å²) in [5, 5.41) is 2.68. The first-order valence-corrected chi connectivity index (χ1v) is 8.58. The third-order valence-corrected chi connectivity index (χ3v) is 3.17. The van der Waals surface area contributed by atoms with Crippen LogP contribution in [0.3, 0.4) is 0 Å². The van der Waals surface area contributed by atoms with Crippen LogP contribution in [-0.4, -0.2) is 38.7 Å². The number of hydrogen-bond acceptors (Lipinski definition) is 5. The van der Waals surface area contributed by atoms with Crippen molar-refractivity contribution in [2.45, 2.75) is 46.8 Å². The molecule has 0 aromatic heterocycles. The average molecular weight is 339 g/mol. The number of benzene rings is 1. The van der Waals surface area contributed by atoms with E-state index in [-0.39, 0.29) is 6.61 Å². The Morgan fingerprint density at radius 1 is 1.04 bits per heavy atom. The zero-order chi connectivity index (χ0) is 17.8. The second kappa shape index (κ2) is 11.7. The second-order valence-electron chi connectivity index (χ2n) is 5.13. The van der Waals surface area contributed by atoms with Gasteiger partial charge in [0, 0.05) is 25.8 Å². The minimum Gasteiger partial charge on any atom is -0.488 e. The van der Waals surface area contributed by atoms with E-state index in [1.54, 1.807) is 6.07 Å². The van der Waals surface area contributed by atoms with Crippen molar-refractivity contribution in [1.82, 2.24) is 5.32 Å². The molecular weight excluding hydrogens is 310 g/mol. The minimum absolute atomic E-state index is 0.274. The van der Waals surface area contributed by atoms with E-state index in [1.165, 1.54) is 0 Å². The minimum atomic E-state index is -0.461. The molecule has 6 nitrogen and oxygen atoms in total. The summed E-state index contributed by atoms with van der Waals surface area (Å²) >= 11 is 0. The molecule has 0 fully saturated rings. The number of amides is 1. The number of hydrogen-bond donors (Lipinski definition) is 1. The summed E-state index contributed by atoms with van der Waals surface area (Å²) in [5.74, 6) is 1.08. The molecule has 1 amide bonds. The van der Waals surface area contributed by atoms with Gasteiger partial charge < -0.3 is 24.3 Å². The first kappa shape index (κ1) is 20.3. The fourth-order valence-electron chi connectivity index (χ4n) is 2.03. The summed E-state index contributed by atoms with van der Waals surface area (Å²) in [6, 6.07) is 5.45. The van der Waals surface area contributed by atoms with E-state index in [0.29, 0.717) is 31.3 Å². The highest BCUT2D eigenvalue weighted by Crippen LogP contribution is 2.24. The van der Waals surface area contributed by atoms with Crippen LogP contribution in [0.4, 0.5) is 4.79 Å². The normalized spacial score (nSPS) is 10.7. The zero-order valence-corrected chi connectivity index (χ0v) is 15.1. The molecule has 0 atom stereocenters. The maximum absolute atomic E-state index is 11.7. The van der Waals surface area contributed by atoms with Gasteiger partial charge in [-0.25, -0.2) is 4.79 Å². The van der Waals surface area contributed by atoms with Gasteiger partial charge in [0.05, 0.1) is 0 Å². The van der Waals surface area contributed by atoms with E-state index in [0.717, 1.165) is 18.4 Å². The van der Waals surface area contributed by atoms with Crippen molar-refractivity contribution in [3.63, 3.8) is 0 Å². The molecule has 0 aliphatic rings. The Bertz CT molecular complexity index is 486. The van der Waals surface area contributed by atoms with Crippen molar-refractivity contribution < 1.29 is 23.7 Å². The molecule has 0 radical (unpaired) electrons. The fraction of sp³-hybridized carbons (Fsp3) is 0.611. The van der Waals surface area contributed by atoms with Gasteiger partial charge in [0.25, 0.3) is 0 Å². The Hall–Kier alpha value is -1.79. The Morgan fingerprint density at radius 2 is 1.71 bits per heavy atom. The standard InChI is InChI=1S/C18H29NO5/c1-5-9-19-18(20)24-16-11-14(6-2)10-15(12-16)23-13-17(21-7-3)22-8-4/h10-12,17H,5-9,13H2,1-4H3,(H,19,20). The predicted molar refractivity (Wildman–Crippen MR) is 92.7 cm³/mol. The number of rotatable bonds is 11. The van der Waals surface area contributed by atoms with Crippen LogP contribution < -0.4 is 14.8 Å². The van der Waals surface area contributed by atoms with Gasteiger partial charge >= 0.3 is 6.09 Å². The smallest absolute Gasteiger partial charge is 0.412 e. The van der Waals surface area contributed by atoms with Crippen molar-refractivity contribution >= 4 is 6.09 Å². The van der Waals surface area contributed by atoms with Gasteiger partial charge in [-0.2, -0.15) is 0 Å². The van der Waals surface area contributed by atoms with Gasteiger partial charge in [-0.15, -0.1) is 0 Å². The fourth-order valence-corrected chi connectivity index (χ4v) is 2.03. The number of nitrogens with one attached hydrogen (secondary N) is 1. The molecule has 0 saturated carbocycles. The number of carbonyl (C=O) groups excluding carboxylic acids is 1. The quantitative estimate of drug-likeness (QED) is 0.625. The van der Waals surface area contributed by atoms with Crippen molar-refractivity contribution in [3.05, 3.63) is 23.8 Å². The Labute approximate surface area is 144 Å². The molecule has 0 unspecified atom stereocenters. The monoisotopic (exact) mass is 339 g/mol. The Balaban J connectivity index is 2.72. The number of ether oxygens (including phenoxy) is 4. The molecule has 1 aromatic rings. The molecule has 0 bridgehead atoms. The molecule has 1 N–H and O–H groups in total. The molecule has 1 rings (SSSR count). The SMILES string of the molecule is CCCNC(=O)Oc1cc(CC)cc(OCC(OCC)OCC)c1. The highest BCUT2D eigenvalue weighted by Gasteiger charge is 2.11. The maximum Gasteiger partial charge on any atom is 0.412 e. The summed E-state index contributed by atoms with van der Waals surface area (Å²) in [6.45, 7) is 9.79. The molecule has 24 heavy (non-hydrogen) atoms. The van der Waals surface area contributed by atoms with Crippen LogP contribution in [0.1, 0.15) is 39.7 Å². The molecule has 0 heterocycles. The third kappa shape index (κ3) is 7.66. The predicted octanol–water partition coefficient (Wildman–Crippen LogP) is 3.53. The molecule has 0 spiro atoms. The van der Waals surface area contributed by atoms with E-state index in [2.05, 4.69) is 5.32 Å². The van der Waals surface area contributed by atoms with Crippen molar-refractivity contribution in [2.75, 3.05) is 26.4 Å². The summed E-state index contributed by atoms with van der Waals surface area (Å²) in [5.41, 5.74) is 1.02. The second-order valence-corrected chi connectivity index (χ2v) is 5.13. The van der Waals surface area contributed by atoms with Crippen LogP contribution >= 0.6 is 0 Å². The van der Waals surface area contributed by atoms with E-state index in [4.69, 9.17) is 18.9 Å². The highest BCUT2D eigenvalue weighted by atomic mass is 16.7. The van der Waals surface area contributed by atoms with E-state index in [9.17, 15) is 4.79 Å². The maximum atomic E-state index is 11.7. The first-order valence-electron chi connectivity index (χ1n) is 8.58. The van der Waals surface area contributed by atoms with Gasteiger partial charge in [0.1, 0.15) is 18.1 Å². The molecule has 0 aliphatic heterocycles. The van der Waals surface area contributed by atoms with Crippen LogP contribution in [0.25, 0.3) is 0 Å². The summed E-state index contributed by atoms with van der Waals surface area (Å²) in [6.07, 6.45) is 0.791. The summed E-state index contributed by atoms with van der Waals surface area (Å²) in [4.78, 5) is 11.7. The Morgan fingerprint density at radius 3 is 2.29 bits per heavy atom. The van der Waals surface area contributed by atoms with Gasteiger partial charge in [0.2, 0.25) is 0 Å². The number of aryl methyl sites for hydroxylation is 1. The van der Waals surface area contributed by atoms with E-state index >= 15 is 0 Å². The first-order chi connectivity index (χ1) is 11.6. The number of carbonyl (C=O) groups is 1. The van der Waals surface area contributed by atoms with Gasteiger partial charge in [0.15, 0.2) is 6.29 Å². The molecule has 1 aromatic carbocycles. The topological polar surface area (TPSA) is 66.0 Å². The molecule has 0 saturated heterocycles. The molecule has 0 aliphatic carbocycles. The van der Waals surface area contributed by atoms with Crippen LogP contribution in [0, 0.1) is 0 Å². The van der Waals surface area contributed by atoms with Crippen LogP contribution in [0.5, 0.6) is 11.5 Å². The van der Waals surface area contributed by atoms with Crippen molar-refractivity contribution in [1.29, 1.82) is 0 Å². The van der Waals surface area contributed by atoms with Crippen LogP contribution in [-0.2, 0) is 15.9 Å². The molecular formula is C18H29NO5. The van der Waals surface area contributed by atoms with Gasteiger partial charge in [-0.1, -0.05) is 13.8 Å². The Kier molecular flexibility index (Phi) is 9.88. The lowest BCUT2D eigenvalue weighted by atomic mass is 10.1. The van der Waals surface area contributed by atoms with Crippen LogP contribution in [0.2, 0.25) is 0 Å². The zero-order valence-electron chi connectivity index (χ0n) is 15.1. The largest absolute Gasteiger partial charge is 0.488 e. The van der Waals surface area contributed by atoms with E-state index < -0.39 is 12.4 Å². The van der Waals surface area contributed by atoms with Gasteiger partial charge in [-0.05, 0) is 44.4 Å². The average Bonchev–Trinajstić information content (AvgIpc) is 2.58. The van der Waals surface area contributed by atoms with Crippen molar-refractivity contribution in [2.24, 2.45) is 0 Å². The molecule has 136 valence electrons. The van der Waals surface area contributed by atoms with Crippen LogP contribution in [0.15, 0.2) is 18.2 Å². The highest BCUT2D eigenvalue weighted by molar-refractivity contribution is 5.70. The lowest BCUT2D eigenvalue weighted by molar-refractivity contribution is -0.152. The van der Waals surface area contributed by atoms with Crippen molar-refractivity contribution in [3.8, 4) is 11.5 Å². The summed E-state index contributed by atoms with van der Waals surface area (Å²) in [7, 11) is 0.